The van der Waals surface area contributed by atoms with Gasteiger partial charge in [0.25, 0.3) is 5.71 Å². The Labute approximate surface area is 145 Å². The van der Waals surface area contributed by atoms with E-state index in [0.717, 1.165) is 5.69 Å². The molecule has 0 aliphatic carbocycles. The van der Waals surface area contributed by atoms with E-state index < -0.39 is 5.97 Å². The van der Waals surface area contributed by atoms with Gasteiger partial charge in [-0.05, 0) is 37.5 Å². The smallest absolute Gasteiger partial charge is 0.376 e. The van der Waals surface area contributed by atoms with E-state index in [-0.39, 0.29) is 18.1 Å². The number of ether oxygens (including phenoxy) is 1. The molecule has 3 rings (SSSR count). The van der Waals surface area contributed by atoms with E-state index in [1.54, 1.807) is 13.8 Å². The van der Waals surface area contributed by atoms with Crippen LogP contribution in [0.15, 0.2) is 28.8 Å². The molecule has 3 aromatic rings. The van der Waals surface area contributed by atoms with Crippen molar-refractivity contribution >= 4 is 28.6 Å². The fraction of sp³-hybridized carbons (Fsp3) is 0.333. The van der Waals surface area contributed by atoms with Gasteiger partial charge < -0.3 is 14.6 Å². The van der Waals surface area contributed by atoms with Gasteiger partial charge in [-0.2, -0.15) is 4.98 Å². The lowest BCUT2D eigenvalue weighted by atomic mass is 10.0. The summed E-state index contributed by atoms with van der Waals surface area (Å²) in [4.78, 5) is 20.4. The summed E-state index contributed by atoms with van der Waals surface area (Å²) < 4.78 is 10.2. The molecule has 0 bridgehead atoms. The number of carbonyl (C=O) groups excluding carboxylic acids is 1. The molecule has 1 N–H and O–H groups in total. The van der Waals surface area contributed by atoms with E-state index in [1.165, 1.54) is 5.56 Å². The lowest BCUT2D eigenvalue weighted by Gasteiger charge is -2.10. The molecular formula is C18H20N4O3. The number of nitrogens with zero attached hydrogens (tertiary/aromatic N) is 3. The second-order valence-corrected chi connectivity index (χ2v) is 5.97. The van der Waals surface area contributed by atoms with E-state index in [4.69, 9.17) is 9.26 Å². The summed E-state index contributed by atoms with van der Waals surface area (Å²) in [7, 11) is 0. The van der Waals surface area contributed by atoms with Gasteiger partial charge in [-0.1, -0.05) is 31.1 Å². The lowest BCUT2D eigenvalue weighted by molar-refractivity contribution is 0.0512. The molecular weight excluding hydrogens is 320 g/mol. The van der Waals surface area contributed by atoms with Crippen LogP contribution in [0.2, 0.25) is 0 Å². The summed E-state index contributed by atoms with van der Waals surface area (Å²) in [6.07, 6.45) is 0. The molecule has 0 aliphatic rings. The number of carbonyl (C=O) groups is 1. The number of aryl methyl sites for hydroxylation is 1. The number of benzene rings is 1. The van der Waals surface area contributed by atoms with Gasteiger partial charge in [0.05, 0.1) is 12.3 Å². The van der Waals surface area contributed by atoms with Crippen LogP contribution in [-0.4, -0.2) is 27.7 Å². The van der Waals surface area contributed by atoms with E-state index in [0.29, 0.717) is 22.8 Å². The number of hydrogen-bond donors (Lipinski definition) is 1. The normalized spacial score (nSPS) is 11.1. The molecule has 0 spiro atoms. The molecule has 0 amide bonds. The molecule has 25 heavy (non-hydrogen) atoms. The number of anilines is 2. The molecule has 2 heterocycles. The number of nitrogens with one attached hydrogen (secondary N) is 1. The van der Waals surface area contributed by atoms with E-state index in [1.807, 2.05) is 12.1 Å². The molecule has 7 heteroatoms. The number of rotatable bonds is 5. The molecule has 0 saturated carbocycles. The SMILES string of the molecule is CCOC(=O)c1nc(Nc2ccc(C(C)C)cc2)c2c(C)noc2n1. The highest BCUT2D eigenvalue weighted by Crippen LogP contribution is 2.27. The van der Waals surface area contributed by atoms with Gasteiger partial charge in [0.2, 0.25) is 5.82 Å². The van der Waals surface area contributed by atoms with Crippen LogP contribution in [0, 0.1) is 6.92 Å². The first-order valence-electron chi connectivity index (χ1n) is 8.17. The minimum absolute atomic E-state index is 0.0631. The minimum Gasteiger partial charge on any atom is -0.460 e. The van der Waals surface area contributed by atoms with Gasteiger partial charge in [0, 0.05) is 5.69 Å². The summed E-state index contributed by atoms with van der Waals surface area (Å²) in [5.41, 5.74) is 2.98. The van der Waals surface area contributed by atoms with Crippen LogP contribution in [0.25, 0.3) is 11.1 Å². The van der Waals surface area contributed by atoms with Crippen molar-refractivity contribution in [1.29, 1.82) is 0 Å². The zero-order valence-corrected chi connectivity index (χ0v) is 14.7. The summed E-state index contributed by atoms with van der Waals surface area (Å²) in [6.45, 7) is 8.05. The van der Waals surface area contributed by atoms with Crippen molar-refractivity contribution in [3.8, 4) is 0 Å². The number of hydrogen-bond acceptors (Lipinski definition) is 7. The van der Waals surface area contributed by atoms with Gasteiger partial charge in [0.1, 0.15) is 11.2 Å². The third kappa shape index (κ3) is 3.45. The van der Waals surface area contributed by atoms with Crippen molar-refractivity contribution < 1.29 is 14.1 Å². The minimum atomic E-state index is -0.600. The third-order valence-electron chi connectivity index (χ3n) is 3.80. The highest BCUT2D eigenvalue weighted by Gasteiger charge is 2.19. The summed E-state index contributed by atoms with van der Waals surface area (Å²) in [5, 5.41) is 7.77. The molecule has 0 aliphatic heterocycles. The highest BCUT2D eigenvalue weighted by molar-refractivity contribution is 5.94. The first-order chi connectivity index (χ1) is 12.0. The number of esters is 1. The van der Waals surface area contributed by atoms with Crippen molar-refractivity contribution in [2.75, 3.05) is 11.9 Å². The monoisotopic (exact) mass is 340 g/mol. The topological polar surface area (TPSA) is 90.1 Å². The summed E-state index contributed by atoms with van der Waals surface area (Å²) in [6, 6.07) is 8.04. The van der Waals surface area contributed by atoms with Gasteiger partial charge in [0.15, 0.2) is 0 Å². The molecule has 0 atom stereocenters. The zero-order chi connectivity index (χ0) is 18.0. The fourth-order valence-corrected chi connectivity index (χ4v) is 2.46. The number of fused-ring (bicyclic) bond motifs is 1. The maximum absolute atomic E-state index is 12.0. The predicted octanol–water partition coefficient (Wildman–Crippen LogP) is 3.97. The van der Waals surface area contributed by atoms with Gasteiger partial charge in [-0.3, -0.25) is 0 Å². The van der Waals surface area contributed by atoms with Crippen molar-refractivity contribution in [3.05, 3.63) is 41.3 Å². The Balaban J connectivity index is 2.01. The second-order valence-electron chi connectivity index (χ2n) is 5.97. The Morgan fingerprint density at radius 2 is 1.96 bits per heavy atom. The molecule has 0 unspecified atom stereocenters. The van der Waals surface area contributed by atoms with Crippen LogP contribution in [0.5, 0.6) is 0 Å². The van der Waals surface area contributed by atoms with Crippen molar-refractivity contribution in [3.63, 3.8) is 0 Å². The van der Waals surface area contributed by atoms with Crippen LogP contribution in [0.4, 0.5) is 11.5 Å². The molecule has 1 aromatic carbocycles. The Morgan fingerprint density at radius 3 is 2.60 bits per heavy atom. The van der Waals surface area contributed by atoms with E-state index in [2.05, 4.69) is 46.4 Å². The van der Waals surface area contributed by atoms with Crippen molar-refractivity contribution in [2.24, 2.45) is 0 Å². The molecule has 130 valence electrons. The molecule has 0 fully saturated rings. The van der Waals surface area contributed by atoms with Crippen molar-refractivity contribution in [1.82, 2.24) is 15.1 Å². The summed E-state index contributed by atoms with van der Waals surface area (Å²) >= 11 is 0. The Hall–Kier alpha value is -2.96. The number of aromatic nitrogens is 3. The predicted molar refractivity (Wildman–Crippen MR) is 94.1 cm³/mol. The first-order valence-corrected chi connectivity index (χ1v) is 8.17. The molecule has 7 nitrogen and oxygen atoms in total. The first kappa shape index (κ1) is 16.9. The van der Waals surface area contributed by atoms with Crippen LogP contribution in [0.3, 0.4) is 0 Å². The molecule has 0 saturated heterocycles. The van der Waals surface area contributed by atoms with Crippen molar-refractivity contribution in [2.45, 2.75) is 33.6 Å². The van der Waals surface area contributed by atoms with Gasteiger partial charge in [-0.25, -0.2) is 9.78 Å². The van der Waals surface area contributed by atoms with Gasteiger partial charge in [-0.15, -0.1) is 0 Å². The Bertz CT molecular complexity index is 901. The third-order valence-corrected chi connectivity index (χ3v) is 3.80. The second kappa shape index (κ2) is 6.88. The van der Waals surface area contributed by atoms with E-state index >= 15 is 0 Å². The summed E-state index contributed by atoms with van der Waals surface area (Å²) in [5.74, 6) is 0.253. The van der Waals surface area contributed by atoms with E-state index in [9.17, 15) is 4.79 Å². The Kier molecular flexibility index (Phi) is 4.65. The standard InChI is InChI=1S/C18H20N4O3/c1-5-24-18(23)16-20-15(14-11(4)22-25-17(14)21-16)19-13-8-6-12(7-9-13)10(2)3/h6-10H,5H2,1-4H3,(H,19,20,21). The Morgan fingerprint density at radius 1 is 1.24 bits per heavy atom. The average molecular weight is 340 g/mol. The van der Waals surface area contributed by atoms with Crippen LogP contribution in [-0.2, 0) is 4.74 Å². The fourth-order valence-electron chi connectivity index (χ4n) is 2.46. The lowest BCUT2D eigenvalue weighted by Crippen LogP contribution is -2.11. The van der Waals surface area contributed by atoms with Gasteiger partial charge >= 0.3 is 5.97 Å². The maximum Gasteiger partial charge on any atom is 0.376 e. The highest BCUT2D eigenvalue weighted by atomic mass is 16.5. The zero-order valence-electron chi connectivity index (χ0n) is 14.7. The van der Waals surface area contributed by atoms with Crippen LogP contribution < -0.4 is 5.32 Å². The van der Waals surface area contributed by atoms with Crippen LogP contribution in [0.1, 0.15) is 48.6 Å². The van der Waals surface area contributed by atoms with Crippen LogP contribution >= 0.6 is 0 Å². The molecule has 0 radical (unpaired) electrons. The molecule has 2 aromatic heterocycles. The quantitative estimate of drug-likeness (QED) is 0.703. The maximum atomic E-state index is 12.0. The largest absolute Gasteiger partial charge is 0.460 e. The average Bonchev–Trinajstić information content (AvgIpc) is 2.97.